The number of aromatic nitrogens is 5. The van der Waals surface area contributed by atoms with Crippen LogP contribution in [-0.2, 0) is 0 Å². The number of anilines is 1. The molecule has 0 amide bonds. The van der Waals surface area contributed by atoms with Gasteiger partial charge in [0.1, 0.15) is 18.0 Å². The van der Waals surface area contributed by atoms with Crippen molar-refractivity contribution in [2.45, 2.75) is 19.9 Å². The van der Waals surface area contributed by atoms with Gasteiger partial charge in [-0.1, -0.05) is 24.3 Å². The Bertz CT molecular complexity index is 1360. The van der Waals surface area contributed by atoms with Gasteiger partial charge in [-0.2, -0.15) is 0 Å². The van der Waals surface area contributed by atoms with E-state index < -0.39 is 0 Å². The van der Waals surface area contributed by atoms with Gasteiger partial charge >= 0.3 is 0 Å². The largest absolute Gasteiger partial charge is 0.363 e. The molecule has 6 nitrogen and oxygen atoms in total. The minimum absolute atomic E-state index is 0. The maximum absolute atomic E-state index is 4.65. The maximum atomic E-state index is 4.65. The van der Waals surface area contributed by atoms with Crippen molar-refractivity contribution in [2.75, 3.05) is 5.32 Å². The molecular formula is C24H22N6S. The summed E-state index contributed by atoms with van der Waals surface area (Å²) in [4.78, 5) is 21.9. The molecule has 1 atom stereocenters. The van der Waals surface area contributed by atoms with Crippen molar-refractivity contribution in [3.63, 3.8) is 0 Å². The fourth-order valence-electron chi connectivity index (χ4n) is 3.54. The van der Waals surface area contributed by atoms with E-state index in [2.05, 4.69) is 73.6 Å². The highest BCUT2D eigenvalue weighted by Gasteiger charge is 2.11. The summed E-state index contributed by atoms with van der Waals surface area (Å²) < 4.78 is 1.15. The fourth-order valence-corrected chi connectivity index (χ4v) is 4.26. The smallest absolute Gasteiger partial charge is 0.130 e. The predicted octanol–water partition coefficient (Wildman–Crippen LogP) is 5.94. The predicted molar refractivity (Wildman–Crippen MR) is 127 cm³/mol. The molecule has 0 aliphatic heterocycles. The summed E-state index contributed by atoms with van der Waals surface area (Å²) in [5.41, 5.74) is 8.07. The number of nitrogens with one attached hydrogen (secondary N) is 1. The van der Waals surface area contributed by atoms with E-state index in [0.29, 0.717) is 0 Å². The lowest BCUT2D eigenvalue weighted by Gasteiger charge is -2.17. The van der Waals surface area contributed by atoms with Crippen molar-refractivity contribution < 1.29 is 1.43 Å². The Kier molecular flexibility index (Phi) is 5.09. The molecule has 0 fully saturated rings. The van der Waals surface area contributed by atoms with E-state index in [1.165, 1.54) is 0 Å². The highest BCUT2D eigenvalue weighted by Crippen LogP contribution is 2.28. The minimum Gasteiger partial charge on any atom is -0.363 e. The molecule has 154 valence electrons. The van der Waals surface area contributed by atoms with Crippen LogP contribution in [0.1, 0.15) is 25.8 Å². The van der Waals surface area contributed by atoms with Gasteiger partial charge in [0, 0.05) is 37.1 Å². The van der Waals surface area contributed by atoms with Gasteiger partial charge in [-0.15, -0.1) is 11.3 Å². The van der Waals surface area contributed by atoms with Gasteiger partial charge in [0.25, 0.3) is 0 Å². The first-order valence-corrected chi connectivity index (χ1v) is 10.8. The van der Waals surface area contributed by atoms with E-state index in [4.69, 9.17) is 0 Å². The van der Waals surface area contributed by atoms with Gasteiger partial charge in [-0.3, -0.25) is 0 Å². The first-order valence-electron chi connectivity index (χ1n) is 9.97. The van der Waals surface area contributed by atoms with Crippen LogP contribution in [0.4, 0.5) is 5.82 Å². The SMILES string of the molecule is Cc1nc(N[C@@H](C)c2cccc(-c3cncnc3)c2)cc(-c2ccc3ncsc3c2)n1.[HH]. The molecule has 0 radical (unpaired) electrons. The van der Waals surface area contributed by atoms with Gasteiger partial charge in [-0.25, -0.2) is 24.9 Å². The number of fused-ring (bicyclic) bond motifs is 1. The lowest BCUT2D eigenvalue weighted by Crippen LogP contribution is -2.09. The molecule has 2 aromatic carbocycles. The number of thiazole rings is 1. The lowest BCUT2D eigenvalue weighted by molar-refractivity contribution is 0.868. The first kappa shape index (κ1) is 19.3. The van der Waals surface area contributed by atoms with Gasteiger partial charge in [0.2, 0.25) is 0 Å². The molecule has 0 spiro atoms. The standard InChI is InChI=1S/C24H20N6S.H2/c1-15(17-4-3-5-18(8-17)20-11-25-13-26-12-20)28-24-10-22(29-16(2)30-24)19-6-7-21-23(9-19)31-14-27-21;/h3-15H,1-2H3,(H,28,29,30);1H/t15-;/m0./s1. The zero-order chi connectivity index (χ0) is 21.2. The third kappa shape index (κ3) is 4.13. The molecule has 0 aliphatic carbocycles. The van der Waals surface area contributed by atoms with Crippen LogP contribution in [0.15, 0.2) is 72.8 Å². The van der Waals surface area contributed by atoms with Gasteiger partial charge < -0.3 is 5.32 Å². The molecule has 31 heavy (non-hydrogen) atoms. The summed E-state index contributed by atoms with van der Waals surface area (Å²) >= 11 is 1.63. The Hall–Kier alpha value is -3.71. The number of benzene rings is 2. The Balaban J connectivity index is 0.00000245. The summed E-state index contributed by atoms with van der Waals surface area (Å²) in [6, 6.07) is 16.7. The third-order valence-corrected chi connectivity index (χ3v) is 5.90. The Morgan fingerprint density at radius 3 is 2.68 bits per heavy atom. The molecule has 0 unspecified atom stereocenters. The zero-order valence-electron chi connectivity index (χ0n) is 17.1. The van der Waals surface area contributed by atoms with Crippen molar-refractivity contribution in [2.24, 2.45) is 0 Å². The van der Waals surface area contributed by atoms with Crippen LogP contribution in [0, 0.1) is 6.92 Å². The molecule has 3 aromatic heterocycles. The molecule has 1 N–H and O–H groups in total. The zero-order valence-corrected chi connectivity index (χ0v) is 18.0. The van der Waals surface area contributed by atoms with Crippen LogP contribution < -0.4 is 5.32 Å². The van der Waals surface area contributed by atoms with Crippen LogP contribution >= 0.6 is 11.3 Å². The van der Waals surface area contributed by atoms with Gasteiger partial charge in [0.05, 0.1) is 21.4 Å². The van der Waals surface area contributed by atoms with Gasteiger partial charge in [0.15, 0.2) is 0 Å². The van der Waals surface area contributed by atoms with Crippen molar-refractivity contribution >= 4 is 27.4 Å². The number of hydrogen-bond acceptors (Lipinski definition) is 7. The van der Waals surface area contributed by atoms with E-state index in [9.17, 15) is 0 Å². The van der Waals surface area contributed by atoms with Crippen LogP contribution in [-0.4, -0.2) is 24.9 Å². The third-order valence-electron chi connectivity index (χ3n) is 5.11. The second-order valence-electron chi connectivity index (χ2n) is 7.34. The van der Waals surface area contributed by atoms with E-state index in [1.54, 1.807) is 17.7 Å². The summed E-state index contributed by atoms with van der Waals surface area (Å²) in [5, 5.41) is 3.53. The lowest BCUT2D eigenvalue weighted by atomic mass is 10.0. The Morgan fingerprint density at radius 1 is 0.935 bits per heavy atom. The van der Waals surface area contributed by atoms with E-state index in [1.807, 2.05) is 37.0 Å². The molecular weight excluding hydrogens is 404 g/mol. The van der Waals surface area contributed by atoms with Crippen molar-refractivity contribution in [3.05, 3.63) is 84.2 Å². The molecule has 0 saturated carbocycles. The summed E-state index contributed by atoms with van der Waals surface area (Å²) in [6.45, 7) is 4.04. The second-order valence-corrected chi connectivity index (χ2v) is 8.23. The highest BCUT2D eigenvalue weighted by atomic mass is 32.1. The molecule has 5 rings (SSSR count). The average Bonchev–Trinajstić information content (AvgIpc) is 3.27. The number of aryl methyl sites for hydroxylation is 1. The number of nitrogens with zero attached hydrogens (tertiary/aromatic N) is 5. The number of rotatable bonds is 5. The minimum atomic E-state index is 0. The average molecular weight is 427 g/mol. The van der Waals surface area contributed by atoms with Crippen molar-refractivity contribution in [1.29, 1.82) is 0 Å². The van der Waals surface area contributed by atoms with Crippen molar-refractivity contribution in [1.82, 2.24) is 24.9 Å². The molecule has 0 aliphatic rings. The quantitative estimate of drug-likeness (QED) is 0.375. The summed E-state index contributed by atoms with van der Waals surface area (Å²) in [7, 11) is 0. The summed E-state index contributed by atoms with van der Waals surface area (Å²) in [6.07, 6.45) is 5.19. The summed E-state index contributed by atoms with van der Waals surface area (Å²) in [5.74, 6) is 1.53. The monoisotopic (exact) mass is 426 g/mol. The van der Waals surface area contributed by atoms with E-state index in [0.717, 1.165) is 49.8 Å². The fraction of sp³-hybridized carbons (Fsp3) is 0.125. The topological polar surface area (TPSA) is 76.5 Å². The van der Waals surface area contributed by atoms with Crippen LogP contribution in [0.3, 0.4) is 0 Å². The normalized spacial score (nSPS) is 12.1. The maximum Gasteiger partial charge on any atom is 0.130 e. The molecule has 7 heteroatoms. The molecule has 0 saturated heterocycles. The molecule has 0 bridgehead atoms. The van der Waals surface area contributed by atoms with Crippen molar-refractivity contribution in [3.8, 4) is 22.4 Å². The molecule has 3 heterocycles. The Labute approximate surface area is 185 Å². The molecule has 5 aromatic rings. The van der Waals surface area contributed by atoms with Gasteiger partial charge in [-0.05, 0) is 43.2 Å². The van der Waals surface area contributed by atoms with Crippen LogP contribution in [0.5, 0.6) is 0 Å². The Morgan fingerprint density at radius 2 is 1.81 bits per heavy atom. The second kappa shape index (κ2) is 8.20. The van der Waals surface area contributed by atoms with Crippen LogP contribution in [0.25, 0.3) is 32.6 Å². The van der Waals surface area contributed by atoms with E-state index in [-0.39, 0.29) is 7.47 Å². The number of hydrogen-bond donors (Lipinski definition) is 1. The first-order chi connectivity index (χ1) is 15.2. The van der Waals surface area contributed by atoms with E-state index >= 15 is 0 Å². The highest BCUT2D eigenvalue weighted by molar-refractivity contribution is 7.16. The van der Waals surface area contributed by atoms with Crippen LogP contribution in [0.2, 0.25) is 0 Å².